The van der Waals surface area contributed by atoms with Crippen molar-refractivity contribution in [1.29, 1.82) is 0 Å². The third kappa shape index (κ3) is 13.8. The van der Waals surface area contributed by atoms with E-state index >= 15 is 0 Å². The monoisotopic (exact) mass is 381 g/mol. The van der Waals surface area contributed by atoms with Gasteiger partial charge in [-0.1, -0.05) is 90.4 Å². The van der Waals surface area contributed by atoms with Crippen LogP contribution < -0.4 is 5.73 Å². The summed E-state index contributed by atoms with van der Waals surface area (Å²) in [4.78, 5) is 17.7. The Balaban J connectivity index is 3.45. The Hall–Kier alpha value is 0.0300. The predicted molar refractivity (Wildman–Crippen MR) is 102 cm³/mol. The molecular weight excluding hydrogens is 341 g/mol. The van der Waals surface area contributed by atoms with Crippen LogP contribution in [0.2, 0.25) is 0 Å². The van der Waals surface area contributed by atoms with Crippen molar-refractivity contribution in [3.63, 3.8) is 0 Å². The average molecular weight is 381 g/mol. The fourth-order valence-corrected chi connectivity index (χ4v) is 3.63. The van der Waals surface area contributed by atoms with Crippen LogP contribution in [0, 0.1) is 0 Å². The van der Waals surface area contributed by atoms with E-state index in [-0.39, 0.29) is 0 Å². The lowest BCUT2D eigenvalue weighted by atomic mass is 10.0. The van der Waals surface area contributed by atoms with E-state index in [1.165, 1.54) is 64.2 Å². The fraction of sp³-hybridized carbons (Fsp3) is 1.00. The summed E-state index contributed by atoms with van der Waals surface area (Å²) in [5.74, 6) is -2.00. The van der Waals surface area contributed by atoms with Gasteiger partial charge in [-0.15, -0.1) is 0 Å². The minimum absolute atomic E-state index is 0.357. The standard InChI is InChI=1S/C18H40NO5P/c1-2-3-4-5-6-7-8-9-10-11-12-13-14-15-16(20)17(19)18(21)25(22,23)24/h16-18,20-21H,2-15,19H2,1H3,(H2,22,23,24)/t16-,17+,18?/m1/s1. The highest BCUT2D eigenvalue weighted by Crippen LogP contribution is 2.41. The lowest BCUT2D eigenvalue weighted by molar-refractivity contribution is 0.0717. The number of hydrogen-bond donors (Lipinski definition) is 5. The SMILES string of the molecule is CCCCCCCCCCCCCCC[C@@H](O)[C@H](N)C(O)P(=O)(O)O. The maximum Gasteiger partial charge on any atom is 0.355 e. The lowest BCUT2D eigenvalue weighted by Gasteiger charge is -2.24. The molecule has 0 aromatic rings. The van der Waals surface area contributed by atoms with Gasteiger partial charge < -0.3 is 25.7 Å². The number of nitrogens with two attached hydrogens (primary N) is 1. The number of rotatable bonds is 17. The fourth-order valence-electron chi connectivity index (χ4n) is 2.99. The molecule has 1 unspecified atom stereocenters. The number of aliphatic hydroxyl groups is 2. The van der Waals surface area contributed by atoms with E-state index in [9.17, 15) is 14.8 Å². The van der Waals surface area contributed by atoms with Gasteiger partial charge in [0.25, 0.3) is 0 Å². The van der Waals surface area contributed by atoms with E-state index < -0.39 is 25.6 Å². The minimum Gasteiger partial charge on any atom is -0.391 e. The molecule has 0 aliphatic carbocycles. The van der Waals surface area contributed by atoms with Crippen LogP contribution in [0.5, 0.6) is 0 Å². The van der Waals surface area contributed by atoms with E-state index in [4.69, 9.17) is 15.5 Å². The van der Waals surface area contributed by atoms with Gasteiger partial charge in [-0.05, 0) is 6.42 Å². The first-order valence-electron chi connectivity index (χ1n) is 9.97. The molecule has 0 bridgehead atoms. The molecule has 0 aromatic carbocycles. The third-order valence-electron chi connectivity index (χ3n) is 4.74. The van der Waals surface area contributed by atoms with Crippen molar-refractivity contribution in [2.24, 2.45) is 5.73 Å². The van der Waals surface area contributed by atoms with E-state index in [0.29, 0.717) is 6.42 Å². The van der Waals surface area contributed by atoms with E-state index in [2.05, 4.69) is 6.92 Å². The molecule has 0 rings (SSSR count). The Morgan fingerprint density at radius 2 is 1.12 bits per heavy atom. The largest absolute Gasteiger partial charge is 0.391 e. The second-order valence-electron chi connectivity index (χ2n) is 7.18. The smallest absolute Gasteiger partial charge is 0.355 e. The van der Waals surface area contributed by atoms with Crippen molar-refractivity contribution in [2.75, 3.05) is 0 Å². The Morgan fingerprint density at radius 3 is 1.48 bits per heavy atom. The normalized spacial score (nSPS) is 15.9. The highest BCUT2D eigenvalue weighted by molar-refractivity contribution is 7.52. The zero-order valence-electron chi connectivity index (χ0n) is 15.9. The zero-order valence-corrected chi connectivity index (χ0v) is 16.7. The first kappa shape index (κ1) is 25.0. The van der Waals surface area contributed by atoms with Crippen molar-refractivity contribution in [3.05, 3.63) is 0 Å². The molecular formula is C18H40NO5P. The molecule has 0 aromatic heterocycles. The van der Waals surface area contributed by atoms with Gasteiger partial charge in [-0.25, -0.2) is 0 Å². The van der Waals surface area contributed by atoms with Gasteiger partial charge >= 0.3 is 7.60 Å². The summed E-state index contributed by atoms with van der Waals surface area (Å²) < 4.78 is 10.9. The summed E-state index contributed by atoms with van der Waals surface area (Å²) in [5.41, 5.74) is 5.50. The summed E-state index contributed by atoms with van der Waals surface area (Å²) in [6.45, 7) is 2.24. The van der Waals surface area contributed by atoms with Crippen LogP contribution in [-0.2, 0) is 4.57 Å². The molecule has 0 radical (unpaired) electrons. The maximum atomic E-state index is 10.9. The van der Waals surface area contributed by atoms with Gasteiger partial charge in [0.1, 0.15) is 0 Å². The molecule has 6 nitrogen and oxygen atoms in total. The van der Waals surface area contributed by atoms with Crippen LogP contribution in [0.1, 0.15) is 96.8 Å². The first-order valence-corrected chi connectivity index (χ1v) is 11.7. The van der Waals surface area contributed by atoms with Crippen LogP contribution in [-0.4, -0.2) is 38.0 Å². The minimum atomic E-state index is -4.67. The summed E-state index contributed by atoms with van der Waals surface area (Å²) in [5, 5.41) is 19.2. The van der Waals surface area contributed by atoms with Crippen molar-refractivity contribution < 1.29 is 24.6 Å². The molecule has 0 saturated heterocycles. The molecule has 0 fully saturated rings. The lowest BCUT2D eigenvalue weighted by Crippen LogP contribution is -2.44. The predicted octanol–water partition coefficient (Wildman–Crippen LogP) is 3.65. The molecule has 0 amide bonds. The molecule has 0 aliphatic rings. The molecule has 152 valence electrons. The van der Waals surface area contributed by atoms with E-state index in [1.54, 1.807) is 0 Å². The van der Waals surface area contributed by atoms with Crippen molar-refractivity contribution in [1.82, 2.24) is 0 Å². The number of unbranched alkanes of at least 4 members (excludes halogenated alkanes) is 12. The molecule has 0 aliphatic heterocycles. The molecule has 7 heteroatoms. The van der Waals surface area contributed by atoms with Crippen molar-refractivity contribution >= 4 is 7.60 Å². The van der Waals surface area contributed by atoms with Crippen LogP contribution in [0.4, 0.5) is 0 Å². The summed E-state index contributed by atoms with van der Waals surface area (Å²) >= 11 is 0. The van der Waals surface area contributed by atoms with Gasteiger partial charge in [0.05, 0.1) is 12.1 Å². The van der Waals surface area contributed by atoms with Gasteiger partial charge in [0.2, 0.25) is 0 Å². The average Bonchev–Trinajstić information content (AvgIpc) is 2.56. The van der Waals surface area contributed by atoms with Crippen LogP contribution in [0.15, 0.2) is 0 Å². The van der Waals surface area contributed by atoms with Crippen LogP contribution >= 0.6 is 7.60 Å². The Morgan fingerprint density at radius 1 is 0.760 bits per heavy atom. The van der Waals surface area contributed by atoms with Crippen molar-refractivity contribution in [3.8, 4) is 0 Å². The van der Waals surface area contributed by atoms with Gasteiger partial charge in [0.15, 0.2) is 5.85 Å². The summed E-state index contributed by atoms with van der Waals surface area (Å²) in [6, 6.07) is -1.31. The third-order valence-corrected chi connectivity index (χ3v) is 5.77. The maximum absolute atomic E-state index is 10.9. The van der Waals surface area contributed by atoms with Crippen molar-refractivity contribution in [2.45, 2.75) is 115 Å². The topological polar surface area (TPSA) is 124 Å². The Labute approximate surface area is 153 Å². The number of hydrogen-bond acceptors (Lipinski definition) is 4. The van der Waals surface area contributed by atoms with Gasteiger partial charge in [0, 0.05) is 0 Å². The second-order valence-corrected chi connectivity index (χ2v) is 8.89. The molecule has 25 heavy (non-hydrogen) atoms. The zero-order chi connectivity index (χ0) is 19.1. The molecule has 0 heterocycles. The Kier molecular flexibility index (Phi) is 15.1. The van der Waals surface area contributed by atoms with E-state index in [0.717, 1.165) is 19.3 Å². The highest BCUT2D eigenvalue weighted by Gasteiger charge is 2.35. The first-order chi connectivity index (χ1) is 11.8. The van der Waals surface area contributed by atoms with E-state index in [1.807, 2.05) is 0 Å². The molecule has 6 N–H and O–H groups in total. The molecule has 3 atom stereocenters. The highest BCUT2D eigenvalue weighted by atomic mass is 31.2. The van der Waals surface area contributed by atoms with Crippen LogP contribution in [0.25, 0.3) is 0 Å². The summed E-state index contributed by atoms with van der Waals surface area (Å²) in [6.07, 6.45) is 15.2. The van der Waals surface area contributed by atoms with Crippen LogP contribution in [0.3, 0.4) is 0 Å². The molecule has 0 spiro atoms. The molecule has 0 saturated carbocycles. The second kappa shape index (κ2) is 15.1. The number of aliphatic hydroxyl groups excluding tert-OH is 2. The van der Waals surface area contributed by atoms with Gasteiger partial charge in [-0.2, -0.15) is 0 Å². The van der Waals surface area contributed by atoms with Gasteiger partial charge in [-0.3, -0.25) is 4.57 Å². The quantitative estimate of drug-likeness (QED) is 0.193. The summed E-state index contributed by atoms with van der Waals surface area (Å²) in [7, 11) is -4.67. The Bertz CT molecular complexity index is 350.